The van der Waals surface area contributed by atoms with Crippen molar-refractivity contribution in [2.75, 3.05) is 28.0 Å². The number of nitrogens with two attached hydrogens (primary N) is 1. The largest absolute Gasteiger partial charge is 0.495 e. The average molecular weight is 502 g/mol. The monoisotopic (exact) mass is 501 g/mol. The van der Waals surface area contributed by atoms with Crippen LogP contribution >= 0.6 is 11.6 Å². The maximum atomic E-state index is 14.1. The van der Waals surface area contributed by atoms with E-state index in [4.69, 9.17) is 27.1 Å². The molecule has 1 aliphatic rings. The van der Waals surface area contributed by atoms with E-state index in [2.05, 4.69) is 15.3 Å². The molecule has 0 radical (unpaired) electrons. The topological polar surface area (TPSA) is 110 Å². The predicted molar refractivity (Wildman–Crippen MR) is 142 cm³/mol. The number of nitrogens with one attached hydrogen (secondary N) is 1. The van der Waals surface area contributed by atoms with Crippen molar-refractivity contribution < 1.29 is 9.53 Å². The van der Waals surface area contributed by atoms with Crippen LogP contribution in [0.3, 0.4) is 0 Å². The normalized spacial score (nSPS) is 15.0. The van der Waals surface area contributed by atoms with Crippen LogP contribution in [0.4, 0.5) is 39.4 Å². The van der Waals surface area contributed by atoms with Crippen molar-refractivity contribution >= 4 is 52.3 Å². The van der Waals surface area contributed by atoms with Gasteiger partial charge in [0, 0.05) is 23.1 Å². The Morgan fingerprint density at radius 2 is 1.83 bits per heavy atom. The van der Waals surface area contributed by atoms with E-state index in [9.17, 15) is 4.79 Å². The molecule has 0 saturated carbocycles. The lowest BCUT2D eigenvalue weighted by Crippen LogP contribution is -2.48. The van der Waals surface area contributed by atoms with Crippen LogP contribution in [-0.4, -0.2) is 28.1 Å². The van der Waals surface area contributed by atoms with Crippen LogP contribution in [0.5, 0.6) is 5.75 Å². The highest BCUT2D eigenvalue weighted by molar-refractivity contribution is 6.34. The first-order chi connectivity index (χ1) is 17.4. The third kappa shape index (κ3) is 4.14. The lowest BCUT2D eigenvalue weighted by atomic mass is 10.0. The molecule has 0 aliphatic carbocycles. The minimum atomic E-state index is -0.383. The molecule has 9 nitrogen and oxygen atoms in total. The molecule has 5 rings (SSSR count). The number of ether oxygens (including phenoxy) is 1. The van der Waals surface area contributed by atoms with Gasteiger partial charge in [-0.3, -0.25) is 4.90 Å². The number of methoxy groups -OCH3 is 1. The fraction of sp³-hybridized carbons (Fsp3) is 0.154. The maximum absolute atomic E-state index is 14.1. The fourth-order valence-corrected chi connectivity index (χ4v) is 4.48. The minimum absolute atomic E-state index is 0.332. The standard InChI is InChI=1S/C26H24ClN7O2/c1-15-5-4-6-21(27)23(15)33-16(2)20-14-30-25(31-18-9-7-17(28)8-10-18)32-24(20)34(26(33)35)22-12-11-19(36-3)13-29-22/h4-14,16H,28H2,1-3H3,(H,30,31,32). The van der Waals surface area contributed by atoms with E-state index in [-0.39, 0.29) is 12.1 Å². The third-order valence-electron chi connectivity index (χ3n) is 6.02. The molecule has 0 bridgehead atoms. The van der Waals surface area contributed by atoms with Gasteiger partial charge in [0.25, 0.3) is 0 Å². The first-order valence-corrected chi connectivity index (χ1v) is 11.6. The van der Waals surface area contributed by atoms with Crippen LogP contribution < -0.4 is 25.6 Å². The van der Waals surface area contributed by atoms with Crippen LogP contribution in [0.15, 0.2) is 67.0 Å². The number of aromatic nitrogens is 3. The second-order valence-electron chi connectivity index (χ2n) is 8.35. The number of nitrogen functional groups attached to an aromatic ring is 1. The Balaban J connectivity index is 1.64. The Morgan fingerprint density at radius 3 is 2.50 bits per heavy atom. The molecule has 3 N–H and O–H groups in total. The van der Waals surface area contributed by atoms with E-state index in [0.29, 0.717) is 39.7 Å². The Bertz CT molecular complexity index is 1410. The van der Waals surface area contributed by atoms with E-state index in [1.54, 1.807) is 54.7 Å². The molecule has 2 aromatic carbocycles. The number of hydrogen-bond donors (Lipinski definition) is 2. The molecule has 0 saturated heterocycles. The number of para-hydroxylation sites is 1. The smallest absolute Gasteiger partial charge is 0.336 e. The number of hydrogen-bond acceptors (Lipinski definition) is 7. The summed E-state index contributed by atoms with van der Waals surface area (Å²) in [5.41, 5.74) is 9.46. The highest BCUT2D eigenvalue weighted by atomic mass is 35.5. The lowest BCUT2D eigenvalue weighted by Gasteiger charge is -2.40. The highest BCUT2D eigenvalue weighted by Crippen LogP contribution is 2.44. The number of urea groups is 1. The number of amides is 2. The van der Waals surface area contributed by atoms with Crippen molar-refractivity contribution in [3.63, 3.8) is 0 Å². The Kier molecular flexibility index (Phi) is 6.07. The molecule has 182 valence electrons. The van der Waals surface area contributed by atoms with Crippen molar-refractivity contribution in [1.29, 1.82) is 0 Å². The predicted octanol–water partition coefficient (Wildman–Crippen LogP) is 6.01. The van der Waals surface area contributed by atoms with Crippen LogP contribution in [-0.2, 0) is 0 Å². The van der Waals surface area contributed by atoms with Gasteiger partial charge >= 0.3 is 6.03 Å². The molecular weight excluding hydrogens is 478 g/mol. The van der Waals surface area contributed by atoms with Crippen LogP contribution in [0, 0.1) is 6.92 Å². The molecule has 1 unspecified atom stereocenters. The minimum Gasteiger partial charge on any atom is -0.495 e. The van der Waals surface area contributed by atoms with Crippen molar-refractivity contribution in [3.05, 3.63) is 83.1 Å². The highest BCUT2D eigenvalue weighted by Gasteiger charge is 2.40. The van der Waals surface area contributed by atoms with Gasteiger partial charge in [0.2, 0.25) is 5.95 Å². The van der Waals surface area contributed by atoms with Crippen molar-refractivity contribution in [2.45, 2.75) is 19.9 Å². The fourth-order valence-electron chi connectivity index (χ4n) is 4.16. The van der Waals surface area contributed by atoms with Crippen LogP contribution in [0.1, 0.15) is 24.1 Å². The molecule has 2 aromatic heterocycles. The summed E-state index contributed by atoms with van der Waals surface area (Å²) in [6, 6.07) is 15.5. The number of carbonyl (C=O) groups excluding carboxylic acids is 1. The molecule has 0 spiro atoms. The number of aryl methyl sites for hydroxylation is 1. The summed E-state index contributed by atoms with van der Waals surface area (Å²) in [6.45, 7) is 3.84. The number of carbonyl (C=O) groups is 1. The van der Waals surface area contributed by atoms with Crippen molar-refractivity contribution in [2.24, 2.45) is 0 Å². The Morgan fingerprint density at radius 1 is 1.06 bits per heavy atom. The van der Waals surface area contributed by atoms with E-state index in [1.165, 1.54) is 4.90 Å². The van der Waals surface area contributed by atoms with Crippen LogP contribution in [0.2, 0.25) is 5.02 Å². The molecule has 2 amide bonds. The van der Waals surface area contributed by atoms with E-state index in [1.807, 2.05) is 38.1 Å². The van der Waals surface area contributed by atoms with Gasteiger partial charge < -0.3 is 15.8 Å². The van der Waals surface area contributed by atoms with E-state index in [0.717, 1.165) is 16.8 Å². The molecule has 1 atom stereocenters. The number of benzene rings is 2. The number of anilines is 6. The molecule has 3 heterocycles. The zero-order valence-corrected chi connectivity index (χ0v) is 20.7. The molecule has 10 heteroatoms. The van der Waals surface area contributed by atoms with Gasteiger partial charge in [0.1, 0.15) is 11.6 Å². The second-order valence-corrected chi connectivity index (χ2v) is 8.75. The first-order valence-electron chi connectivity index (χ1n) is 11.3. The summed E-state index contributed by atoms with van der Waals surface area (Å²) < 4.78 is 5.25. The third-order valence-corrected chi connectivity index (χ3v) is 6.33. The number of nitrogens with zero attached hydrogens (tertiary/aromatic N) is 5. The molecular formula is C26H24ClN7O2. The molecule has 1 aliphatic heterocycles. The summed E-state index contributed by atoms with van der Waals surface area (Å²) in [5.74, 6) is 1.73. The average Bonchev–Trinajstić information content (AvgIpc) is 2.87. The summed E-state index contributed by atoms with van der Waals surface area (Å²) in [7, 11) is 1.56. The number of halogens is 1. The molecule has 0 fully saturated rings. The van der Waals surface area contributed by atoms with Gasteiger partial charge in [-0.25, -0.2) is 19.7 Å². The zero-order valence-electron chi connectivity index (χ0n) is 19.9. The zero-order chi connectivity index (χ0) is 25.4. The number of fused-ring (bicyclic) bond motifs is 1. The van der Waals surface area contributed by atoms with Gasteiger partial charge in [-0.05, 0) is 61.9 Å². The quantitative estimate of drug-likeness (QED) is 0.322. The van der Waals surface area contributed by atoms with Gasteiger partial charge in [-0.15, -0.1) is 0 Å². The SMILES string of the molecule is COc1ccc(N2C(=O)N(c3c(C)cccc3Cl)C(C)c3cnc(Nc4ccc(N)cc4)nc32)nc1. The summed E-state index contributed by atoms with van der Waals surface area (Å²) >= 11 is 6.59. The number of rotatable bonds is 5. The van der Waals surface area contributed by atoms with Gasteiger partial charge in [-0.1, -0.05) is 23.7 Å². The lowest BCUT2D eigenvalue weighted by molar-refractivity contribution is 0.250. The van der Waals surface area contributed by atoms with E-state index < -0.39 is 0 Å². The number of pyridine rings is 1. The van der Waals surface area contributed by atoms with Gasteiger partial charge in [0.05, 0.1) is 30.1 Å². The summed E-state index contributed by atoms with van der Waals surface area (Å²) in [6.07, 6.45) is 3.27. The first kappa shape index (κ1) is 23.4. The maximum Gasteiger partial charge on any atom is 0.336 e. The molecule has 4 aromatic rings. The van der Waals surface area contributed by atoms with E-state index >= 15 is 0 Å². The van der Waals surface area contributed by atoms with Gasteiger partial charge in [0.15, 0.2) is 5.82 Å². The Labute approximate surface area is 213 Å². The van der Waals surface area contributed by atoms with Crippen molar-refractivity contribution in [1.82, 2.24) is 15.0 Å². The second kappa shape index (κ2) is 9.35. The Hall–Kier alpha value is -4.37. The van der Waals surface area contributed by atoms with Crippen molar-refractivity contribution in [3.8, 4) is 5.75 Å². The summed E-state index contributed by atoms with van der Waals surface area (Å²) in [4.78, 5) is 30.9. The molecule has 36 heavy (non-hydrogen) atoms. The summed E-state index contributed by atoms with van der Waals surface area (Å²) in [5, 5.41) is 3.65. The van der Waals surface area contributed by atoms with Crippen LogP contribution in [0.25, 0.3) is 0 Å². The van der Waals surface area contributed by atoms with Gasteiger partial charge in [-0.2, -0.15) is 4.98 Å².